The Morgan fingerprint density at radius 2 is 1.75 bits per heavy atom. The minimum atomic E-state index is 0.0418. The van der Waals surface area contributed by atoms with E-state index in [0.29, 0.717) is 25.5 Å². The fraction of sp³-hybridized carbons (Fsp3) is 0.875. The summed E-state index contributed by atoms with van der Waals surface area (Å²) in [4.78, 5) is 22.8. The van der Waals surface area contributed by atoms with E-state index in [1.165, 1.54) is 0 Å². The summed E-state index contributed by atoms with van der Waals surface area (Å²) in [7, 11) is 0. The van der Waals surface area contributed by atoms with E-state index in [2.05, 4.69) is 19.2 Å². The normalized spacial score (nSPS) is 11.1. The van der Waals surface area contributed by atoms with Crippen LogP contribution in [-0.4, -0.2) is 31.4 Å². The van der Waals surface area contributed by atoms with Gasteiger partial charge >= 0.3 is 0 Å². The third-order valence-corrected chi connectivity index (χ3v) is 3.11. The molecule has 0 bridgehead atoms. The largest absolute Gasteiger partial charge is 0.374 e. The first-order valence-corrected chi connectivity index (χ1v) is 7.80. The molecule has 0 rings (SSSR count). The first kappa shape index (κ1) is 19.1. The maximum Gasteiger partial charge on any atom is 0.219 e. The van der Waals surface area contributed by atoms with Crippen LogP contribution in [0, 0.1) is 11.8 Å². The number of nitrogens with one attached hydrogen (secondary N) is 1. The molecule has 0 aromatic rings. The molecule has 0 aromatic carbocycles. The van der Waals surface area contributed by atoms with Gasteiger partial charge in [0.1, 0.15) is 6.61 Å². The van der Waals surface area contributed by atoms with Crippen molar-refractivity contribution in [1.82, 2.24) is 5.32 Å². The first-order valence-electron chi connectivity index (χ1n) is 7.80. The van der Waals surface area contributed by atoms with Crippen molar-refractivity contribution in [3.63, 3.8) is 0 Å². The third-order valence-electron chi connectivity index (χ3n) is 3.11. The highest BCUT2D eigenvalue weighted by atomic mass is 16.5. The van der Waals surface area contributed by atoms with Crippen LogP contribution in [0.3, 0.4) is 0 Å². The van der Waals surface area contributed by atoms with Gasteiger partial charge in [0.25, 0.3) is 0 Å². The van der Waals surface area contributed by atoms with Crippen LogP contribution in [0.25, 0.3) is 0 Å². The molecule has 0 aromatic heterocycles. The van der Waals surface area contributed by atoms with Crippen LogP contribution < -0.4 is 5.32 Å². The number of hydrogen-bond donors (Lipinski definition) is 1. The second kappa shape index (κ2) is 11.9. The van der Waals surface area contributed by atoms with Crippen molar-refractivity contribution in [2.75, 3.05) is 19.8 Å². The number of ether oxygens (including phenoxy) is 1. The van der Waals surface area contributed by atoms with E-state index in [1.807, 2.05) is 13.8 Å². The Hall–Kier alpha value is -0.900. The summed E-state index contributed by atoms with van der Waals surface area (Å²) in [6.45, 7) is 9.58. The van der Waals surface area contributed by atoms with Gasteiger partial charge in [-0.2, -0.15) is 0 Å². The van der Waals surface area contributed by atoms with Crippen LogP contribution in [0.4, 0.5) is 0 Å². The molecule has 0 fully saturated rings. The molecule has 20 heavy (non-hydrogen) atoms. The zero-order valence-corrected chi connectivity index (χ0v) is 13.5. The van der Waals surface area contributed by atoms with Crippen LogP contribution in [0.5, 0.6) is 0 Å². The zero-order valence-electron chi connectivity index (χ0n) is 13.5. The average Bonchev–Trinajstić information content (AvgIpc) is 2.36. The number of carbonyl (C=O) groups is 2. The summed E-state index contributed by atoms with van der Waals surface area (Å²) in [5.41, 5.74) is 0. The van der Waals surface area contributed by atoms with Crippen molar-refractivity contribution < 1.29 is 14.3 Å². The van der Waals surface area contributed by atoms with Gasteiger partial charge in [0, 0.05) is 25.5 Å². The topological polar surface area (TPSA) is 55.4 Å². The molecule has 0 aliphatic rings. The molecule has 1 amide bonds. The quantitative estimate of drug-likeness (QED) is 0.561. The van der Waals surface area contributed by atoms with Crippen LogP contribution in [0.1, 0.15) is 59.8 Å². The van der Waals surface area contributed by atoms with Crippen molar-refractivity contribution in [1.29, 1.82) is 0 Å². The van der Waals surface area contributed by atoms with Crippen molar-refractivity contribution in [2.45, 2.75) is 59.8 Å². The van der Waals surface area contributed by atoms with E-state index in [-0.39, 0.29) is 24.2 Å². The van der Waals surface area contributed by atoms with Crippen LogP contribution in [0.2, 0.25) is 0 Å². The number of ketones is 1. The monoisotopic (exact) mass is 285 g/mol. The molecule has 0 spiro atoms. The summed E-state index contributed by atoms with van der Waals surface area (Å²) >= 11 is 0. The van der Waals surface area contributed by atoms with E-state index in [0.717, 1.165) is 25.7 Å². The predicted molar refractivity (Wildman–Crippen MR) is 81.6 cm³/mol. The number of amides is 1. The standard InChI is InChI=1S/C16H31NO3/c1-13(2)8-7-9-16(19)17-10-5-6-11-20-12-15(18)14(3)4/h13-14H,5-12H2,1-4H3,(H,17,19). The molecule has 118 valence electrons. The molecular weight excluding hydrogens is 254 g/mol. The van der Waals surface area contributed by atoms with Gasteiger partial charge in [0.2, 0.25) is 5.91 Å². The minimum absolute atomic E-state index is 0.0418. The highest BCUT2D eigenvalue weighted by molar-refractivity contribution is 5.81. The summed E-state index contributed by atoms with van der Waals surface area (Å²) < 4.78 is 5.29. The first-order chi connectivity index (χ1) is 9.43. The Morgan fingerprint density at radius 3 is 2.35 bits per heavy atom. The number of unbranched alkanes of at least 4 members (excludes halogenated alkanes) is 1. The van der Waals surface area contributed by atoms with Gasteiger partial charge in [-0.05, 0) is 25.2 Å². The smallest absolute Gasteiger partial charge is 0.219 e. The Kier molecular flexibility index (Phi) is 11.4. The predicted octanol–water partition coefficient (Wildman–Crippen LogP) is 2.95. The fourth-order valence-corrected chi connectivity index (χ4v) is 1.66. The lowest BCUT2D eigenvalue weighted by atomic mass is 10.1. The second-order valence-electron chi connectivity index (χ2n) is 6.02. The van der Waals surface area contributed by atoms with E-state index >= 15 is 0 Å². The van der Waals surface area contributed by atoms with E-state index in [9.17, 15) is 9.59 Å². The number of rotatable bonds is 12. The summed E-state index contributed by atoms with van der Waals surface area (Å²) in [6.07, 6.45) is 4.45. The van der Waals surface area contributed by atoms with Crippen molar-refractivity contribution >= 4 is 11.7 Å². The fourth-order valence-electron chi connectivity index (χ4n) is 1.66. The van der Waals surface area contributed by atoms with Crippen LogP contribution >= 0.6 is 0 Å². The van der Waals surface area contributed by atoms with E-state index in [1.54, 1.807) is 0 Å². The molecule has 0 saturated carbocycles. The van der Waals surface area contributed by atoms with Crippen LogP contribution in [0.15, 0.2) is 0 Å². The average molecular weight is 285 g/mol. The lowest BCUT2D eigenvalue weighted by Crippen LogP contribution is -2.24. The Labute approximate surface area is 123 Å². The van der Waals surface area contributed by atoms with Crippen molar-refractivity contribution in [3.05, 3.63) is 0 Å². The minimum Gasteiger partial charge on any atom is -0.374 e. The zero-order chi connectivity index (χ0) is 15.4. The van der Waals surface area contributed by atoms with E-state index < -0.39 is 0 Å². The summed E-state index contributed by atoms with van der Waals surface area (Å²) in [6, 6.07) is 0. The molecule has 0 saturated heterocycles. The molecule has 1 N–H and O–H groups in total. The Bertz CT molecular complexity index is 275. The molecule has 0 heterocycles. The maximum absolute atomic E-state index is 11.5. The second-order valence-corrected chi connectivity index (χ2v) is 6.02. The molecule has 0 atom stereocenters. The molecule has 4 nitrogen and oxygen atoms in total. The summed E-state index contributed by atoms with van der Waals surface area (Å²) in [5, 5.41) is 2.91. The van der Waals surface area contributed by atoms with Gasteiger partial charge < -0.3 is 10.1 Å². The van der Waals surface area contributed by atoms with E-state index in [4.69, 9.17) is 4.74 Å². The number of Topliss-reactive ketones (excluding diaryl/α,β-unsaturated/α-hetero) is 1. The SMILES string of the molecule is CC(C)CCCC(=O)NCCCCOCC(=O)C(C)C. The van der Waals surface area contributed by atoms with Crippen LogP contribution in [-0.2, 0) is 14.3 Å². The van der Waals surface area contributed by atoms with Crippen molar-refractivity contribution in [2.24, 2.45) is 11.8 Å². The molecule has 0 radical (unpaired) electrons. The number of hydrogen-bond acceptors (Lipinski definition) is 3. The molecule has 0 aliphatic heterocycles. The Morgan fingerprint density at radius 1 is 1.05 bits per heavy atom. The Balaban J connectivity index is 3.31. The van der Waals surface area contributed by atoms with Gasteiger partial charge in [-0.15, -0.1) is 0 Å². The molecule has 0 unspecified atom stereocenters. The molecular formula is C16H31NO3. The maximum atomic E-state index is 11.5. The highest BCUT2D eigenvalue weighted by Gasteiger charge is 2.06. The third kappa shape index (κ3) is 12.2. The number of carbonyl (C=O) groups excluding carboxylic acids is 2. The van der Waals surface area contributed by atoms with Gasteiger partial charge in [-0.25, -0.2) is 0 Å². The molecule has 0 aliphatic carbocycles. The van der Waals surface area contributed by atoms with Gasteiger partial charge in [0.15, 0.2) is 5.78 Å². The summed E-state index contributed by atoms with van der Waals surface area (Å²) in [5.74, 6) is 0.985. The lowest BCUT2D eigenvalue weighted by Gasteiger charge is -2.07. The molecule has 4 heteroatoms. The van der Waals surface area contributed by atoms with Gasteiger partial charge in [-0.1, -0.05) is 34.1 Å². The highest BCUT2D eigenvalue weighted by Crippen LogP contribution is 2.05. The van der Waals surface area contributed by atoms with Crippen molar-refractivity contribution in [3.8, 4) is 0 Å². The van der Waals surface area contributed by atoms with Gasteiger partial charge in [-0.3, -0.25) is 9.59 Å². The lowest BCUT2D eigenvalue weighted by molar-refractivity contribution is -0.126. The van der Waals surface area contributed by atoms with Gasteiger partial charge in [0.05, 0.1) is 0 Å².